The van der Waals surface area contributed by atoms with E-state index in [1.165, 1.54) is 0 Å². The van der Waals surface area contributed by atoms with Gasteiger partial charge in [-0.05, 0) is 41.5 Å². The second kappa shape index (κ2) is 8.56. The zero-order valence-corrected chi connectivity index (χ0v) is 16.8. The molecule has 3 aromatic carbocycles. The molecule has 0 aliphatic carbocycles. The zero-order valence-electron chi connectivity index (χ0n) is 16.8. The van der Waals surface area contributed by atoms with E-state index in [0.717, 1.165) is 22.0 Å². The molecule has 0 saturated heterocycles. The molecule has 1 aromatic heterocycles. The highest BCUT2D eigenvalue weighted by Crippen LogP contribution is 2.22. The quantitative estimate of drug-likeness (QED) is 0.334. The number of carbonyl (C=O) groups is 1. The molecule has 0 spiro atoms. The van der Waals surface area contributed by atoms with E-state index in [4.69, 9.17) is 11.1 Å². The monoisotopic (exact) mass is 407 g/mol. The van der Waals surface area contributed by atoms with Crippen molar-refractivity contribution >= 4 is 22.6 Å². The van der Waals surface area contributed by atoms with Crippen LogP contribution in [0.3, 0.4) is 0 Å². The van der Waals surface area contributed by atoms with Crippen LogP contribution in [0.25, 0.3) is 10.9 Å². The van der Waals surface area contributed by atoms with Gasteiger partial charge in [-0.25, -0.2) is 0 Å². The maximum Gasteiger partial charge on any atom is 0.268 e. The topological polar surface area (TPSA) is 108 Å². The van der Waals surface area contributed by atoms with Crippen LogP contribution in [0.5, 0.6) is 0 Å². The van der Waals surface area contributed by atoms with Crippen molar-refractivity contribution in [1.82, 2.24) is 9.88 Å². The predicted octanol–water partition coefficient (Wildman–Crippen LogP) is 3.78. The molecular weight excluding hydrogens is 386 g/mol. The average Bonchev–Trinajstić information content (AvgIpc) is 3.16. The lowest BCUT2D eigenvalue weighted by Gasteiger charge is -2.12. The van der Waals surface area contributed by atoms with Crippen molar-refractivity contribution in [2.75, 3.05) is 0 Å². The number of carbonyl (C=O) groups excluding carboxylic acids is 1. The van der Waals surface area contributed by atoms with Gasteiger partial charge in [0.2, 0.25) is 0 Å². The Labute approximate surface area is 180 Å². The summed E-state index contributed by atoms with van der Waals surface area (Å²) < 4.78 is 1.97. The molecule has 6 heteroatoms. The molecule has 0 fully saturated rings. The summed E-state index contributed by atoms with van der Waals surface area (Å²) in [7, 11) is 0. The van der Waals surface area contributed by atoms with Crippen molar-refractivity contribution in [3.63, 3.8) is 0 Å². The average molecular weight is 407 g/mol. The first-order valence-electron chi connectivity index (χ1n) is 9.84. The Morgan fingerprint density at radius 2 is 1.77 bits per heavy atom. The SMILES string of the molecule is N#Cc1cccc(Cn2c(C(=O)NCc3cccc(C(=N)N)c3)cc3ccccc32)c1. The van der Waals surface area contributed by atoms with E-state index in [9.17, 15) is 10.1 Å². The largest absolute Gasteiger partial charge is 0.384 e. The van der Waals surface area contributed by atoms with Gasteiger partial charge < -0.3 is 15.6 Å². The first-order valence-corrected chi connectivity index (χ1v) is 9.84. The Kier molecular flexibility index (Phi) is 5.50. The molecule has 0 saturated carbocycles. The Balaban J connectivity index is 1.63. The number of para-hydroxylation sites is 1. The zero-order chi connectivity index (χ0) is 21.8. The van der Waals surface area contributed by atoms with Crippen molar-refractivity contribution < 1.29 is 4.79 Å². The third-order valence-electron chi connectivity index (χ3n) is 5.13. The van der Waals surface area contributed by atoms with Crippen LogP contribution in [-0.4, -0.2) is 16.3 Å². The summed E-state index contributed by atoms with van der Waals surface area (Å²) in [4.78, 5) is 13.1. The van der Waals surface area contributed by atoms with Crippen molar-refractivity contribution in [3.05, 3.63) is 107 Å². The number of nitrogens with two attached hydrogens (primary N) is 1. The van der Waals surface area contributed by atoms with E-state index in [2.05, 4.69) is 11.4 Å². The normalized spacial score (nSPS) is 10.5. The fourth-order valence-electron chi connectivity index (χ4n) is 3.61. The Hall–Kier alpha value is -4.37. The van der Waals surface area contributed by atoms with Gasteiger partial charge in [-0.1, -0.05) is 48.5 Å². The van der Waals surface area contributed by atoms with Crippen LogP contribution >= 0.6 is 0 Å². The van der Waals surface area contributed by atoms with Crippen LogP contribution in [-0.2, 0) is 13.1 Å². The maximum atomic E-state index is 13.1. The molecule has 152 valence electrons. The van der Waals surface area contributed by atoms with E-state index in [1.54, 1.807) is 18.2 Å². The second-order valence-electron chi connectivity index (χ2n) is 7.28. The van der Waals surface area contributed by atoms with E-state index >= 15 is 0 Å². The number of fused-ring (bicyclic) bond motifs is 1. The Morgan fingerprint density at radius 3 is 2.58 bits per heavy atom. The lowest BCUT2D eigenvalue weighted by Crippen LogP contribution is -2.26. The number of benzene rings is 3. The molecule has 1 amide bonds. The van der Waals surface area contributed by atoms with Crippen molar-refractivity contribution in [3.8, 4) is 6.07 Å². The van der Waals surface area contributed by atoms with Crippen LogP contribution in [0, 0.1) is 16.7 Å². The molecule has 0 radical (unpaired) electrons. The number of aromatic nitrogens is 1. The minimum atomic E-state index is -0.194. The van der Waals surface area contributed by atoms with Crippen LogP contribution in [0.2, 0.25) is 0 Å². The van der Waals surface area contributed by atoms with Gasteiger partial charge in [0.15, 0.2) is 0 Å². The van der Waals surface area contributed by atoms with Crippen molar-refractivity contribution in [2.24, 2.45) is 5.73 Å². The van der Waals surface area contributed by atoms with Gasteiger partial charge in [0.1, 0.15) is 11.5 Å². The minimum Gasteiger partial charge on any atom is -0.384 e. The lowest BCUT2D eigenvalue weighted by atomic mass is 10.1. The van der Waals surface area contributed by atoms with Crippen LogP contribution in [0.4, 0.5) is 0 Å². The fourth-order valence-corrected chi connectivity index (χ4v) is 3.61. The molecule has 1 heterocycles. The maximum absolute atomic E-state index is 13.1. The number of amides is 1. The molecule has 0 atom stereocenters. The summed E-state index contributed by atoms with van der Waals surface area (Å²) in [6.45, 7) is 0.803. The van der Waals surface area contributed by atoms with Gasteiger partial charge in [-0.2, -0.15) is 5.26 Å². The summed E-state index contributed by atoms with van der Waals surface area (Å²) in [6.07, 6.45) is 0. The Morgan fingerprint density at radius 1 is 1.00 bits per heavy atom. The summed E-state index contributed by atoms with van der Waals surface area (Å²) in [5.74, 6) is -0.200. The summed E-state index contributed by atoms with van der Waals surface area (Å²) in [6, 6.07) is 26.5. The molecule has 6 nitrogen and oxygen atoms in total. The molecule has 0 aliphatic rings. The van der Waals surface area contributed by atoms with Gasteiger partial charge in [-0.3, -0.25) is 10.2 Å². The number of nitriles is 1. The first kappa shape index (κ1) is 19.9. The smallest absolute Gasteiger partial charge is 0.268 e. The summed E-state index contributed by atoms with van der Waals surface area (Å²) in [5, 5.41) is 20.7. The van der Waals surface area contributed by atoms with Crippen LogP contribution < -0.4 is 11.1 Å². The molecule has 4 N–H and O–H groups in total. The number of nitrogens with one attached hydrogen (secondary N) is 2. The van der Waals surface area contributed by atoms with Crippen molar-refractivity contribution in [2.45, 2.75) is 13.1 Å². The van der Waals surface area contributed by atoms with E-state index in [0.29, 0.717) is 29.9 Å². The number of hydrogen-bond donors (Lipinski definition) is 3. The number of nitrogens with zero attached hydrogens (tertiary/aromatic N) is 2. The number of rotatable bonds is 6. The highest BCUT2D eigenvalue weighted by Gasteiger charge is 2.16. The fraction of sp³-hybridized carbons (Fsp3) is 0.0800. The van der Waals surface area contributed by atoms with Gasteiger partial charge >= 0.3 is 0 Å². The number of hydrogen-bond acceptors (Lipinski definition) is 3. The summed E-state index contributed by atoms with van der Waals surface area (Å²) >= 11 is 0. The summed E-state index contributed by atoms with van der Waals surface area (Å²) in [5.41, 5.74) is 10.1. The molecule has 0 aliphatic heterocycles. The van der Waals surface area contributed by atoms with Gasteiger partial charge in [0, 0.05) is 29.6 Å². The van der Waals surface area contributed by atoms with E-state index < -0.39 is 0 Å². The molecule has 4 aromatic rings. The Bertz CT molecular complexity index is 1330. The van der Waals surface area contributed by atoms with Gasteiger partial charge in [-0.15, -0.1) is 0 Å². The lowest BCUT2D eigenvalue weighted by molar-refractivity contribution is 0.0942. The molecule has 0 unspecified atom stereocenters. The van der Waals surface area contributed by atoms with Crippen LogP contribution in [0.1, 0.15) is 32.7 Å². The third kappa shape index (κ3) is 4.31. The van der Waals surface area contributed by atoms with Crippen LogP contribution in [0.15, 0.2) is 78.9 Å². The molecule has 0 bridgehead atoms. The van der Waals surface area contributed by atoms with Gasteiger partial charge in [0.05, 0.1) is 11.6 Å². The minimum absolute atomic E-state index is 0.00657. The second-order valence-corrected chi connectivity index (χ2v) is 7.28. The molecular formula is C25H21N5O. The molecule has 4 rings (SSSR count). The van der Waals surface area contributed by atoms with Gasteiger partial charge in [0.25, 0.3) is 5.91 Å². The molecule has 31 heavy (non-hydrogen) atoms. The highest BCUT2D eigenvalue weighted by molar-refractivity contribution is 5.99. The first-order chi connectivity index (χ1) is 15.0. The highest BCUT2D eigenvalue weighted by atomic mass is 16.1. The third-order valence-corrected chi connectivity index (χ3v) is 5.13. The standard InChI is InChI=1S/C25H21N5O/c26-14-17-5-3-7-19(11-17)16-30-22-10-2-1-8-20(22)13-23(30)25(31)29-15-18-6-4-9-21(12-18)24(27)28/h1-13H,15-16H2,(H3,27,28)(H,29,31). The number of amidine groups is 1. The van der Waals surface area contributed by atoms with E-state index in [-0.39, 0.29) is 11.7 Å². The predicted molar refractivity (Wildman–Crippen MR) is 121 cm³/mol. The van der Waals surface area contributed by atoms with Crippen molar-refractivity contribution in [1.29, 1.82) is 10.7 Å². The van der Waals surface area contributed by atoms with E-state index in [1.807, 2.05) is 65.2 Å². The number of nitrogen functional groups attached to an aromatic ring is 1.